The molecule has 0 aliphatic heterocycles. The number of hydrogen-bond acceptors (Lipinski definition) is 3. The first-order valence-electron chi connectivity index (χ1n) is 8.76. The Balaban J connectivity index is 1.96. The third-order valence-corrected chi connectivity index (χ3v) is 4.77. The molecule has 138 valence electrons. The van der Waals surface area contributed by atoms with Crippen LogP contribution in [0.4, 0.5) is 0 Å². The van der Waals surface area contributed by atoms with Crippen LogP contribution in [0.1, 0.15) is 11.4 Å². The van der Waals surface area contributed by atoms with Crippen LogP contribution in [0.5, 0.6) is 5.75 Å². The van der Waals surface area contributed by atoms with Crippen molar-refractivity contribution in [1.82, 2.24) is 9.55 Å². The largest absolute Gasteiger partial charge is 0.497 e. The number of ether oxygens (including phenoxy) is 1. The second-order valence-corrected chi connectivity index (χ2v) is 6.59. The average Bonchev–Trinajstić information content (AvgIpc) is 2.73. The molecule has 0 bridgehead atoms. The minimum atomic E-state index is -0.141. The van der Waals surface area contributed by atoms with E-state index in [1.54, 1.807) is 23.8 Å². The number of methoxy groups -OCH3 is 1. The molecule has 0 radical (unpaired) electrons. The summed E-state index contributed by atoms with van der Waals surface area (Å²) in [4.78, 5) is 18.0. The van der Waals surface area contributed by atoms with Crippen LogP contribution >= 0.6 is 11.6 Å². The molecule has 0 saturated heterocycles. The summed E-state index contributed by atoms with van der Waals surface area (Å²) in [7, 11) is 1.60. The van der Waals surface area contributed by atoms with Gasteiger partial charge in [-0.15, -0.1) is 0 Å². The molecule has 0 aliphatic rings. The summed E-state index contributed by atoms with van der Waals surface area (Å²) in [5.74, 6) is 1.18. The Hall–Kier alpha value is -3.37. The van der Waals surface area contributed by atoms with E-state index in [0.29, 0.717) is 33.2 Å². The summed E-state index contributed by atoms with van der Waals surface area (Å²) >= 11 is 6.26. The Kier molecular flexibility index (Phi) is 4.96. The first kappa shape index (κ1) is 18.0. The molecule has 0 unspecified atom stereocenters. The van der Waals surface area contributed by atoms with Gasteiger partial charge in [0, 0.05) is 11.1 Å². The van der Waals surface area contributed by atoms with E-state index in [0.717, 1.165) is 5.56 Å². The van der Waals surface area contributed by atoms with Crippen molar-refractivity contribution in [3.8, 4) is 11.4 Å². The molecule has 4 aromatic rings. The second-order valence-electron chi connectivity index (χ2n) is 6.18. The maximum atomic E-state index is 13.2. The van der Waals surface area contributed by atoms with Gasteiger partial charge in [0.2, 0.25) is 0 Å². The van der Waals surface area contributed by atoms with Crippen molar-refractivity contribution in [1.29, 1.82) is 0 Å². The number of aromatic nitrogens is 2. The molecular formula is C23H17ClN2O2. The number of rotatable bonds is 4. The van der Waals surface area contributed by atoms with Crippen molar-refractivity contribution in [3.63, 3.8) is 0 Å². The SMILES string of the molecule is COc1cccc(-n2c(/C=C\c3ccccc3Cl)nc3ccccc3c2=O)c1. The summed E-state index contributed by atoms with van der Waals surface area (Å²) in [5.41, 5.74) is 2.04. The quantitative estimate of drug-likeness (QED) is 0.481. The standard InChI is InChI=1S/C23H17ClN2O2/c1-28-18-9-6-8-17(15-18)26-22(14-13-16-7-2-4-11-20(16)24)25-21-12-5-3-10-19(21)23(26)27/h2-15H,1H3/b14-13-. The minimum Gasteiger partial charge on any atom is -0.497 e. The molecule has 5 heteroatoms. The van der Waals surface area contributed by atoms with Crippen LogP contribution in [-0.4, -0.2) is 16.7 Å². The van der Waals surface area contributed by atoms with Crippen LogP contribution in [-0.2, 0) is 0 Å². The fourth-order valence-corrected chi connectivity index (χ4v) is 3.23. The summed E-state index contributed by atoms with van der Waals surface area (Å²) in [6.07, 6.45) is 3.66. The van der Waals surface area contributed by atoms with Gasteiger partial charge in [0.25, 0.3) is 5.56 Å². The molecule has 0 aliphatic carbocycles. The fraction of sp³-hybridized carbons (Fsp3) is 0.0435. The predicted octanol–water partition coefficient (Wildman–Crippen LogP) is 5.22. The second kappa shape index (κ2) is 7.71. The summed E-state index contributed by atoms with van der Waals surface area (Å²) in [5, 5.41) is 1.19. The molecule has 1 heterocycles. The lowest BCUT2D eigenvalue weighted by Gasteiger charge is -2.12. The number of para-hydroxylation sites is 1. The number of nitrogens with zero attached hydrogens (tertiary/aromatic N) is 2. The van der Waals surface area contributed by atoms with Gasteiger partial charge >= 0.3 is 0 Å². The van der Waals surface area contributed by atoms with Crippen LogP contribution in [0.25, 0.3) is 28.7 Å². The molecule has 1 aromatic heterocycles. The highest BCUT2D eigenvalue weighted by Crippen LogP contribution is 2.21. The molecule has 4 rings (SSSR count). The topological polar surface area (TPSA) is 44.1 Å². The van der Waals surface area contributed by atoms with Crippen molar-refractivity contribution >= 4 is 34.7 Å². The zero-order valence-corrected chi connectivity index (χ0v) is 15.9. The maximum Gasteiger partial charge on any atom is 0.266 e. The lowest BCUT2D eigenvalue weighted by Crippen LogP contribution is -2.22. The van der Waals surface area contributed by atoms with Crippen molar-refractivity contribution in [2.45, 2.75) is 0 Å². The van der Waals surface area contributed by atoms with Crippen molar-refractivity contribution < 1.29 is 4.74 Å². The molecule has 0 spiro atoms. The third kappa shape index (κ3) is 3.42. The maximum absolute atomic E-state index is 13.2. The smallest absolute Gasteiger partial charge is 0.266 e. The van der Waals surface area contributed by atoms with Gasteiger partial charge in [-0.1, -0.05) is 48.0 Å². The van der Waals surface area contributed by atoms with Crippen molar-refractivity contribution in [2.24, 2.45) is 0 Å². The highest BCUT2D eigenvalue weighted by Gasteiger charge is 2.11. The molecule has 0 saturated carbocycles. The molecule has 0 amide bonds. The Bertz CT molecular complexity index is 1240. The molecule has 0 N–H and O–H groups in total. The van der Waals surface area contributed by atoms with Crippen LogP contribution in [0.15, 0.2) is 77.6 Å². The van der Waals surface area contributed by atoms with Crippen LogP contribution in [0.3, 0.4) is 0 Å². The van der Waals surface area contributed by atoms with Gasteiger partial charge in [0.05, 0.1) is 23.7 Å². The van der Waals surface area contributed by atoms with E-state index in [1.807, 2.05) is 72.8 Å². The van der Waals surface area contributed by atoms with Crippen molar-refractivity contribution in [3.05, 3.63) is 99.6 Å². The summed E-state index contributed by atoms with van der Waals surface area (Å²) in [6, 6.07) is 22.2. The number of benzene rings is 3. The van der Waals surface area contributed by atoms with Gasteiger partial charge in [-0.2, -0.15) is 0 Å². The van der Waals surface area contributed by atoms with E-state index < -0.39 is 0 Å². The average molecular weight is 389 g/mol. The molecule has 4 nitrogen and oxygen atoms in total. The molecule has 0 fully saturated rings. The van der Waals surface area contributed by atoms with Gasteiger partial charge in [0.1, 0.15) is 11.6 Å². The Labute approximate surface area is 167 Å². The highest BCUT2D eigenvalue weighted by atomic mass is 35.5. The zero-order chi connectivity index (χ0) is 19.5. The van der Waals surface area contributed by atoms with Crippen LogP contribution < -0.4 is 10.3 Å². The van der Waals surface area contributed by atoms with Gasteiger partial charge in [-0.3, -0.25) is 9.36 Å². The number of fused-ring (bicyclic) bond motifs is 1. The molecular weight excluding hydrogens is 372 g/mol. The van der Waals surface area contributed by atoms with E-state index in [-0.39, 0.29) is 5.56 Å². The third-order valence-electron chi connectivity index (χ3n) is 4.43. The monoisotopic (exact) mass is 388 g/mol. The molecule has 28 heavy (non-hydrogen) atoms. The molecule has 3 aromatic carbocycles. The van der Waals surface area contributed by atoms with Gasteiger partial charge < -0.3 is 4.74 Å². The Morgan fingerprint density at radius 3 is 2.57 bits per heavy atom. The lowest BCUT2D eigenvalue weighted by molar-refractivity contribution is 0.414. The first-order valence-corrected chi connectivity index (χ1v) is 9.14. The Morgan fingerprint density at radius 1 is 0.964 bits per heavy atom. The highest BCUT2D eigenvalue weighted by molar-refractivity contribution is 6.32. The molecule has 0 atom stereocenters. The number of halogens is 1. The minimum absolute atomic E-state index is 0.141. The van der Waals surface area contributed by atoms with Gasteiger partial charge in [0.15, 0.2) is 0 Å². The van der Waals surface area contributed by atoms with Crippen LogP contribution in [0.2, 0.25) is 5.02 Å². The van der Waals surface area contributed by atoms with Gasteiger partial charge in [-0.05, 0) is 48.0 Å². The van der Waals surface area contributed by atoms with E-state index in [9.17, 15) is 4.79 Å². The van der Waals surface area contributed by atoms with Gasteiger partial charge in [-0.25, -0.2) is 4.98 Å². The fourth-order valence-electron chi connectivity index (χ4n) is 3.04. The van der Waals surface area contributed by atoms with Crippen LogP contribution in [0, 0.1) is 0 Å². The Morgan fingerprint density at radius 2 is 1.75 bits per heavy atom. The zero-order valence-electron chi connectivity index (χ0n) is 15.2. The predicted molar refractivity (Wildman–Crippen MR) is 114 cm³/mol. The lowest BCUT2D eigenvalue weighted by atomic mass is 10.2. The van der Waals surface area contributed by atoms with Crippen molar-refractivity contribution in [2.75, 3.05) is 7.11 Å². The number of hydrogen-bond donors (Lipinski definition) is 0. The van der Waals surface area contributed by atoms with E-state index in [1.165, 1.54) is 0 Å². The van der Waals surface area contributed by atoms with E-state index >= 15 is 0 Å². The summed E-state index contributed by atoms with van der Waals surface area (Å²) in [6.45, 7) is 0. The normalized spacial score (nSPS) is 11.2. The summed E-state index contributed by atoms with van der Waals surface area (Å²) < 4.78 is 6.90. The van der Waals surface area contributed by atoms with E-state index in [4.69, 9.17) is 21.3 Å². The van der Waals surface area contributed by atoms with E-state index in [2.05, 4.69) is 0 Å². The first-order chi connectivity index (χ1) is 13.7.